The van der Waals surface area contributed by atoms with Crippen molar-refractivity contribution >= 4 is 23.2 Å². The van der Waals surface area contributed by atoms with Gasteiger partial charge in [-0.1, -0.05) is 35.9 Å². The summed E-state index contributed by atoms with van der Waals surface area (Å²) in [6.45, 7) is 6.26. The van der Waals surface area contributed by atoms with E-state index in [1.54, 1.807) is 47.6 Å². The quantitative estimate of drug-likeness (QED) is 0.359. The molecular formula is C29H34N2O4S. The monoisotopic (exact) mass is 506 g/mol. The molecule has 0 radical (unpaired) electrons. The topological polar surface area (TPSA) is 59.1 Å². The van der Waals surface area contributed by atoms with Crippen LogP contribution in [0.3, 0.4) is 0 Å². The Labute approximate surface area is 217 Å². The predicted octanol–water partition coefficient (Wildman–Crippen LogP) is 5.11. The first-order valence-corrected chi connectivity index (χ1v) is 13.3. The van der Waals surface area contributed by atoms with E-state index >= 15 is 0 Å². The number of benzene rings is 2. The summed E-state index contributed by atoms with van der Waals surface area (Å²) in [6, 6.07) is 17.4. The number of methoxy groups -OCH3 is 1. The predicted molar refractivity (Wildman–Crippen MR) is 143 cm³/mol. The fourth-order valence-corrected chi connectivity index (χ4v) is 5.54. The van der Waals surface area contributed by atoms with Crippen molar-refractivity contribution in [3.63, 3.8) is 0 Å². The van der Waals surface area contributed by atoms with E-state index in [9.17, 15) is 9.59 Å². The van der Waals surface area contributed by atoms with Gasteiger partial charge in [-0.2, -0.15) is 0 Å². The van der Waals surface area contributed by atoms with Gasteiger partial charge in [0.25, 0.3) is 5.91 Å². The Bertz CT molecular complexity index is 1170. The van der Waals surface area contributed by atoms with E-state index in [1.165, 1.54) is 16.0 Å². The van der Waals surface area contributed by atoms with E-state index in [2.05, 4.69) is 42.6 Å². The van der Waals surface area contributed by atoms with E-state index in [-0.39, 0.29) is 24.4 Å². The summed E-state index contributed by atoms with van der Waals surface area (Å²) in [7, 11) is 1.58. The van der Waals surface area contributed by atoms with Crippen LogP contribution in [0.15, 0.2) is 60.0 Å². The van der Waals surface area contributed by atoms with Crippen LogP contribution in [0, 0.1) is 6.92 Å². The van der Waals surface area contributed by atoms with Crippen LogP contribution in [0.5, 0.6) is 5.75 Å². The molecule has 0 N–H and O–H groups in total. The van der Waals surface area contributed by atoms with Crippen molar-refractivity contribution in [2.75, 3.05) is 40.0 Å². The molecule has 2 aromatic carbocycles. The van der Waals surface area contributed by atoms with Gasteiger partial charge in [0.1, 0.15) is 12.3 Å². The number of thiophene rings is 1. The smallest absolute Gasteiger partial charge is 0.254 e. The number of nitrogens with zero attached hydrogens (tertiary/aromatic N) is 2. The molecule has 1 aliphatic heterocycles. The van der Waals surface area contributed by atoms with E-state index < -0.39 is 0 Å². The van der Waals surface area contributed by atoms with E-state index in [1.807, 2.05) is 11.8 Å². The maximum atomic E-state index is 13.8. The maximum absolute atomic E-state index is 13.8. The SMILES string of the molecule is CCOCCCN(CC(=O)N1CCc2sccc2C1c1ccc(C)cc1)C(=O)c1cccc(OC)c1. The van der Waals surface area contributed by atoms with Crippen LogP contribution in [0.25, 0.3) is 0 Å². The van der Waals surface area contributed by atoms with Crippen molar-refractivity contribution < 1.29 is 19.1 Å². The molecule has 1 unspecified atom stereocenters. The highest BCUT2D eigenvalue weighted by Crippen LogP contribution is 2.38. The summed E-state index contributed by atoms with van der Waals surface area (Å²) in [5.74, 6) is 0.380. The first kappa shape index (κ1) is 25.9. The third-order valence-electron chi connectivity index (χ3n) is 6.53. The molecule has 2 amide bonds. The lowest BCUT2D eigenvalue weighted by Gasteiger charge is -2.37. The van der Waals surface area contributed by atoms with Crippen molar-refractivity contribution in [1.82, 2.24) is 9.80 Å². The van der Waals surface area contributed by atoms with Crippen LogP contribution in [-0.4, -0.2) is 61.6 Å². The Morgan fingerprint density at radius 1 is 1.14 bits per heavy atom. The molecule has 0 saturated carbocycles. The van der Waals surface area contributed by atoms with Crippen molar-refractivity contribution in [3.05, 3.63) is 87.1 Å². The second kappa shape index (κ2) is 12.2. The fraction of sp³-hybridized carbons (Fsp3) is 0.379. The Morgan fingerprint density at radius 2 is 1.94 bits per heavy atom. The van der Waals surface area contributed by atoms with Gasteiger partial charge in [0.2, 0.25) is 5.91 Å². The first-order chi connectivity index (χ1) is 17.5. The van der Waals surface area contributed by atoms with Gasteiger partial charge in [-0.25, -0.2) is 0 Å². The van der Waals surface area contributed by atoms with Crippen molar-refractivity contribution in [2.45, 2.75) is 32.7 Å². The summed E-state index contributed by atoms with van der Waals surface area (Å²) in [4.78, 5) is 32.2. The molecule has 0 spiro atoms. The maximum Gasteiger partial charge on any atom is 0.254 e. The molecular weight excluding hydrogens is 472 g/mol. The zero-order valence-corrected chi connectivity index (χ0v) is 22.1. The third-order valence-corrected chi connectivity index (χ3v) is 7.53. The fourth-order valence-electron chi connectivity index (χ4n) is 4.64. The standard InChI is InChI=1S/C29H34N2O4S/c1-4-35-17-6-15-30(29(33)23-7-5-8-24(19-23)34-3)20-27(32)31-16-13-26-25(14-18-36-26)28(31)22-11-9-21(2)10-12-22/h5,7-12,14,18-19,28H,4,6,13,15-17,20H2,1-3H3. The summed E-state index contributed by atoms with van der Waals surface area (Å²) >= 11 is 1.75. The van der Waals surface area contributed by atoms with Crippen LogP contribution < -0.4 is 4.74 Å². The summed E-state index contributed by atoms with van der Waals surface area (Å²) in [6.07, 6.45) is 1.49. The number of aryl methyl sites for hydroxylation is 1. The minimum atomic E-state index is -0.182. The lowest BCUT2D eigenvalue weighted by molar-refractivity contribution is -0.134. The number of carbonyl (C=O) groups is 2. The first-order valence-electron chi connectivity index (χ1n) is 12.4. The zero-order valence-electron chi connectivity index (χ0n) is 21.2. The minimum Gasteiger partial charge on any atom is -0.497 e. The summed E-state index contributed by atoms with van der Waals surface area (Å²) < 4.78 is 10.8. The number of fused-ring (bicyclic) bond motifs is 1. The van der Waals surface area contributed by atoms with Gasteiger partial charge in [-0.05, 0) is 67.5 Å². The Hall–Kier alpha value is -3.16. The molecule has 190 valence electrons. The van der Waals surface area contributed by atoms with Crippen molar-refractivity contribution in [1.29, 1.82) is 0 Å². The lowest BCUT2D eigenvalue weighted by atomic mass is 9.92. The largest absolute Gasteiger partial charge is 0.497 e. The molecule has 0 bridgehead atoms. The molecule has 0 saturated heterocycles. The number of amides is 2. The Morgan fingerprint density at radius 3 is 2.69 bits per heavy atom. The van der Waals surface area contributed by atoms with Crippen molar-refractivity contribution in [2.24, 2.45) is 0 Å². The summed E-state index contributed by atoms with van der Waals surface area (Å²) in [5.41, 5.74) is 3.97. The summed E-state index contributed by atoms with van der Waals surface area (Å²) in [5, 5.41) is 2.10. The number of ether oxygens (including phenoxy) is 2. The number of hydrogen-bond donors (Lipinski definition) is 0. The molecule has 1 aliphatic rings. The van der Waals surface area contributed by atoms with Crippen LogP contribution in [0.4, 0.5) is 0 Å². The van der Waals surface area contributed by atoms with Gasteiger partial charge in [0.15, 0.2) is 0 Å². The molecule has 4 rings (SSSR count). The van der Waals surface area contributed by atoms with E-state index in [0.717, 1.165) is 12.0 Å². The van der Waals surface area contributed by atoms with Gasteiger partial charge < -0.3 is 19.3 Å². The van der Waals surface area contributed by atoms with Gasteiger partial charge in [-0.3, -0.25) is 9.59 Å². The molecule has 7 heteroatoms. The second-order valence-corrected chi connectivity index (χ2v) is 9.96. The van der Waals surface area contributed by atoms with E-state index in [4.69, 9.17) is 9.47 Å². The molecule has 1 atom stereocenters. The van der Waals surface area contributed by atoms with Gasteiger partial charge in [-0.15, -0.1) is 11.3 Å². The van der Waals surface area contributed by atoms with Crippen LogP contribution in [0.2, 0.25) is 0 Å². The molecule has 0 aliphatic carbocycles. The molecule has 6 nitrogen and oxygen atoms in total. The van der Waals surface area contributed by atoms with Crippen molar-refractivity contribution in [3.8, 4) is 5.75 Å². The minimum absolute atomic E-state index is 0.0179. The lowest BCUT2D eigenvalue weighted by Crippen LogP contribution is -2.47. The Kier molecular flexibility index (Phi) is 8.78. The highest BCUT2D eigenvalue weighted by Gasteiger charge is 2.34. The van der Waals surface area contributed by atoms with Crippen LogP contribution in [0.1, 0.15) is 51.3 Å². The third kappa shape index (κ3) is 5.97. The van der Waals surface area contributed by atoms with Gasteiger partial charge >= 0.3 is 0 Å². The highest BCUT2D eigenvalue weighted by atomic mass is 32.1. The average molecular weight is 507 g/mol. The van der Waals surface area contributed by atoms with Gasteiger partial charge in [0, 0.05) is 36.7 Å². The van der Waals surface area contributed by atoms with E-state index in [0.29, 0.717) is 44.0 Å². The number of carbonyl (C=O) groups excluding carboxylic acids is 2. The molecule has 2 heterocycles. The normalized spacial score (nSPS) is 14.9. The number of rotatable bonds is 10. The van der Waals surface area contributed by atoms with Crippen LogP contribution in [-0.2, 0) is 16.0 Å². The highest BCUT2D eigenvalue weighted by molar-refractivity contribution is 7.10. The Balaban J connectivity index is 1.58. The molecule has 3 aromatic rings. The second-order valence-electron chi connectivity index (χ2n) is 8.96. The average Bonchev–Trinajstić information content (AvgIpc) is 3.39. The molecule has 0 fully saturated rings. The molecule has 36 heavy (non-hydrogen) atoms. The number of hydrogen-bond acceptors (Lipinski definition) is 5. The molecule has 1 aromatic heterocycles. The van der Waals surface area contributed by atoms with Gasteiger partial charge in [0.05, 0.1) is 13.2 Å². The van der Waals surface area contributed by atoms with Crippen LogP contribution >= 0.6 is 11.3 Å². The zero-order chi connectivity index (χ0) is 25.5.